The van der Waals surface area contributed by atoms with Gasteiger partial charge in [0.1, 0.15) is 23.7 Å². The van der Waals surface area contributed by atoms with Crippen LogP contribution in [0, 0.1) is 11.8 Å². The Morgan fingerprint density at radius 1 is 0.672 bits per heavy atom. The van der Waals surface area contributed by atoms with Gasteiger partial charge in [0.05, 0.1) is 54.9 Å². The van der Waals surface area contributed by atoms with E-state index in [0.717, 1.165) is 82.0 Å². The number of rotatable bonds is 11. The standard InChI is InChI=1S/C43H51N9O6/c1-24(2)36(49-42(55)57-5)40(53)51-19-7-9-34(51)38-45-23-33(48-38)27-13-11-26(12-14-27)29-16-17-30(44-22-29)28-15-18-31-32(21-28)47-39(46-31)35-10-8-20-52(35)41(54)37(25(3)4)50-43(56)58-6/h11-18,21-25,34-37H,7-10,19-20H2,1-6H3,(H,45,48)(H,46,47)(H,49,55)(H,50,56). The zero-order chi connectivity index (χ0) is 41.1. The molecule has 4 amide bonds. The number of imidazole rings is 2. The summed E-state index contributed by atoms with van der Waals surface area (Å²) in [4.78, 5) is 75.9. The minimum Gasteiger partial charge on any atom is -0.453 e. The molecule has 2 aliphatic rings. The van der Waals surface area contributed by atoms with Crippen molar-refractivity contribution in [1.29, 1.82) is 0 Å². The molecule has 15 heteroatoms. The summed E-state index contributed by atoms with van der Waals surface area (Å²) in [5, 5.41) is 5.39. The lowest BCUT2D eigenvalue weighted by Gasteiger charge is -2.30. The molecule has 0 radical (unpaired) electrons. The van der Waals surface area contributed by atoms with Gasteiger partial charge in [-0.2, -0.15) is 0 Å². The molecular formula is C43H51N9O6. The molecule has 2 fully saturated rings. The van der Waals surface area contributed by atoms with Crippen LogP contribution in [0.15, 0.2) is 67.0 Å². The molecule has 0 saturated carbocycles. The molecule has 15 nitrogen and oxygen atoms in total. The highest BCUT2D eigenvalue weighted by Gasteiger charge is 2.39. The Morgan fingerprint density at radius 2 is 1.22 bits per heavy atom. The molecule has 0 bridgehead atoms. The second-order valence-electron chi connectivity index (χ2n) is 15.6. The van der Waals surface area contributed by atoms with E-state index in [9.17, 15) is 19.2 Å². The SMILES string of the molecule is COC(=O)NC(C(=O)N1CCCC1c1ncc(-c2ccc(-c3ccc(-c4ccc5nc(C6CCCN6C(=O)C(NC(=O)OC)C(C)C)[nH]c5c4)nc3)cc2)[nH]1)C(C)C. The topological polar surface area (TPSA) is 188 Å². The number of carbonyl (C=O) groups excluding carboxylic acids is 4. The summed E-state index contributed by atoms with van der Waals surface area (Å²) >= 11 is 0. The number of carbonyl (C=O) groups is 4. The first-order valence-electron chi connectivity index (χ1n) is 19.9. The number of alkyl carbamates (subject to hydrolysis) is 2. The zero-order valence-corrected chi connectivity index (χ0v) is 33.7. The predicted molar refractivity (Wildman–Crippen MR) is 218 cm³/mol. The third kappa shape index (κ3) is 8.25. The Labute approximate surface area is 337 Å². The molecule has 5 aromatic rings. The maximum Gasteiger partial charge on any atom is 0.407 e. The minimum absolute atomic E-state index is 0.108. The molecule has 2 saturated heterocycles. The number of likely N-dealkylation sites (tertiary alicyclic amines) is 2. The number of nitrogens with zero attached hydrogens (tertiary/aromatic N) is 5. The first kappa shape index (κ1) is 40.0. The van der Waals surface area contributed by atoms with Gasteiger partial charge in [-0.05, 0) is 66.8 Å². The van der Waals surface area contributed by atoms with Crippen LogP contribution in [0.5, 0.6) is 0 Å². The fraction of sp³-hybridized carbons (Fsp3) is 0.419. The summed E-state index contributed by atoms with van der Waals surface area (Å²) in [5.74, 6) is 0.927. The van der Waals surface area contributed by atoms with E-state index < -0.39 is 24.3 Å². The van der Waals surface area contributed by atoms with Crippen molar-refractivity contribution in [3.05, 3.63) is 78.6 Å². The van der Waals surface area contributed by atoms with Crippen LogP contribution in [0.3, 0.4) is 0 Å². The van der Waals surface area contributed by atoms with Gasteiger partial charge in [-0.15, -0.1) is 0 Å². The molecule has 4 N–H and O–H groups in total. The number of fused-ring (bicyclic) bond motifs is 1. The molecule has 304 valence electrons. The maximum atomic E-state index is 13.6. The predicted octanol–water partition coefficient (Wildman–Crippen LogP) is 6.77. The van der Waals surface area contributed by atoms with Gasteiger partial charge < -0.3 is 39.9 Å². The van der Waals surface area contributed by atoms with Crippen molar-refractivity contribution in [2.24, 2.45) is 11.8 Å². The van der Waals surface area contributed by atoms with Gasteiger partial charge in [0, 0.05) is 30.4 Å². The van der Waals surface area contributed by atoms with E-state index in [1.54, 1.807) is 11.1 Å². The van der Waals surface area contributed by atoms with Crippen molar-refractivity contribution in [1.82, 2.24) is 45.4 Å². The van der Waals surface area contributed by atoms with Crippen LogP contribution in [0.4, 0.5) is 9.59 Å². The number of hydrogen-bond acceptors (Lipinski definition) is 9. The van der Waals surface area contributed by atoms with Crippen LogP contribution < -0.4 is 10.6 Å². The number of benzene rings is 2. The summed E-state index contributed by atoms with van der Waals surface area (Å²) in [6, 6.07) is 16.4. The van der Waals surface area contributed by atoms with E-state index >= 15 is 0 Å². The molecule has 58 heavy (non-hydrogen) atoms. The molecule has 2 aromatic carbocycles. The smallest absolute Gasteiger partial charge is 0.407 e. The molecule has 7 rings (SSSR count). The van der Waals surface area contributed by atoms with E-state index in [-0.39, 0.29) is 35.7 Å². The van der Waals surface area contributed by atoms with Crippen molar-refractivity contribution in [3.63, 3.8) is 0 Å². The molecule has 5 heterocycles. The summed E-state index contributed by atoms with van der Waals surface area (Å²) in [6.07, 6.45) is 5.64. The number of H-pyrrole nitrogens is 2. The lowest BCUT2D eigenvalue weighted by molar-refractivity contribution is -0.136. The van der Waals surface area contributed by atoms with Gasteiger partial charge >= 0.3 is 12.2 Å². The van der Waals surface area contributed by atoms with Gasteiger partial charge in [-0.25, -0.2) is 19.6 Å². The van der Waals surface area contributed by atoms with Crippen LogP contribution in [0.1, 0.15) is 77.1 Å². The third-order valence-electron chi connectivity index (χ3n) is 11.2. The first-order chi connectivity index (χ1) is 27.9. The largest absolute Gasteiger partial charge is 0.453 e. The highest BCUT2D eigenvalue weighted by Crippen LogP contribution is 2.35. The lowest BCUT2D eigenvalue weighted by atomic mass is 10.0. The fourth-order valence-corrected chi connectivity index (χ4v) is 7.96. The lowest BCUT2D eigenvalue weighted by Crippen LogP contribution is -2.51. The van der Waals surface area contributed by atoms with Crippen LogP contribution in [-0.4, -0.2) is 98.1 Å². The van der Waals surface area contributed by atoms with Crippen molar-refractivity contribution >= 4 is 35.0 Å². The van der Waals surface area contributed by atoms with Crippen molar-refractivity contribution < 1.29 is 28.7 Å². The second-order valence-corrected chi connectivity index (χ2v) is 15.6. The molecule has 0 aliphatic carbocycles. The summed E-state index contributed by atoms with van der Waals surface area (Å²) in [7, 11) is 2.58. The van der Waals surface area contributed by atoms with Gasteiger partial charge in [-0.1, -0.05) is 64.1 Å². The van der Waals surface area contributed by atoms with Crippen LogP contribution in [-0.2, 0) is 19.1 Å². The Balaban J connectivity index is 1.02. The number of aromatic nitrogens is 5. The van der Waals surface area contributed by atoms with Crippen LogP contribution in [0.25, 0.3) is 44.7 Å². The Bertz CT molecular complexity index is 2270. The van der Waals surface area contributed by atoms with E-state index in [1.807, 2.05) is 87.3 Å². The number of hydrogen-bond donors (Lipinski definition) is 4. The average Bonchev–Trinajstić information content (AvgIpc) is 4.07. The average molecular weight is 790 g/mol. The summed E-state index contributed by atoms with van der Waals surface area (Å²) in [5.41, 5.74) is 7.20. The molecule has 4 unspecified atom stereocenters. The van der Waals surface area contributed by atoms with E-state index in [1.165, 1.54) is 14.2 Å². The zero-order valence-electron chi connectivity index (χ0n) is 33.7. The molecule has 0 spiro atoms. The number of methoxy groups -OCH3 is 2. The third-order valence-corrected chi connectivity index (χ3v) is 11.2. The van der Waals surface area contributed by atoms with Crippen LogP contribution in [0.2, 0.25) is 0 Å². The summed E-state index contributed by atoms with van der Waals surface area (Å²) < 4.78 is 9.52. The van der Waals surface area contributed by atoms with Crippen molar-refractivity contribution in [2.45, 2.75) is 77.5 Å². The van der Waals surface area contributed by atoms with Gasteiger partial charge in [0.25, 0.3) is 0 Å². The monoisotopic (exact) mass is 789 g/mol. The first-order valence-corrected chi connectivity index (χ1v) is 19.9. The highest BCUT2D eigenvalue weighted by molar-refractivity contribution is 5.88. The van der Waals surface area contributed by atoms with Gasteiger partial charge in [0.15, 0.2) is 0 Å². The van der Waals surface area contributed by atoms with E-state index in [0.29, 0.717) is 13.1 Å². The highest BCUT2D eigenvalue weighted by atomic mass is 16.5. The van der Waals surface area contributed by atoms with Crippen LogP contribution >= 0.6 is 0 Å². The second kappa shape index (κ2) is 17.1. The number of nitrogens with one attached hydrogen (secondary N) is 4. The fourth-order valence-electron chi connectivity index (χ4n) is 7.96. The molecule has 4 atom stereocenters. The summed E-state index contributed by atoms with van der Waals surface area (Å²) in [6.45, 7) is 8.77. The van der Waals surface area contributed by atoms with E-state index in [4.69, 9.17) is 19.4 Å². The quantitative estimate of drug-likeness (QED) is 0.112. The van der Waals surface area contributed by atoms with E-state index in [2.05, 4.69) is 31.7 Å². The molecular weight excluding hydrogens is 739 g/mol. The Kier molecular flexibility index (Phi) is 11.8. The number of ether oxygens (including phenoxy) is 2. The molecule has 2 aliphatic heterocycles. The van der Waals surface area contributed by atoms with Crippen molar-refractivity contribution in [2.75, 3.05) is 27.3 Å². The Morgan fingerprint density at radius 3 is 1.78 bits per heavy atom. The minimum atomic E-state index is -0.697. The van der Waals surface area contributed by atoms with Gasteiger partial charge in [-0.3, -0.25) is 14.6 Å². The molecule has 3 aromatic heterocycles. The maximum absolute atomic E-state index is 13.6. The number of amides is 4. The normalized spacial score (nSPS) is 17.8. The van der Waals surface area contributed by atoms with Crippen molar-refractivity contribution in [3.8, 4) is 33.6 Å². The number of pyridine rings is 1. The number of aromatic amines is 2. The van der Waals surface area contributed by atoms with Gasteiger partial charge in [0.2, 0.25) is 11.8 Å². The Hall–Kier alpha value is -6.25.